The first kappa shape index (κ1) is 14.9. The minimum atomic E-state index is 0.586. The molecule has 1 aliphatic rings. The lowest BCUT2D eigenvalue weighted by Gasteiger charge is -2.35. The molecule has 0 spiro atoms. The minimum Gasteiger partial charge on any atom is -0.308 e. The molecule has 2 unspecified atom stereocenters. The molecule has 2 heterocycles. The van der Waals surface area contributed by atoms with Crippen LogP contribution in [0, 0.1) is 5.92 Å². The molecule has 1 aromatic heterocycles. The summed E-state index contributed by atoms with van der Waals surface area (Å²) in [6, 6.07) is 0.586. The Morgan fingerprint density at radius 1 is 1.53 bits per heavy atom. The normalized spacial score (nSPS) is 22.6. The second-order valence-corrected chi connectivity index (χ2v) is 6.74. The number of thiazole rings is 1. The molecule has 1 fully saturated rings. The number of likely N-dealkylation sites (tertiary alicyclic amines) is 1. The van der Waals surface area contributed by atoms with E-state index in [1.54, 1.807) is 0 Å². The number of rotatable bonds is 6. The molecule has 108 valence electrons. The van der Waals surface area contributed by atoms with Gasteiger partial charge in [-0.1, -0.05) is 13.8 Å². The van der Waals surface area contributed by atoms with E-state index >= 15 is 0 Å². The first-order valence-electron chi connectivity index (χ1n) is 7.62. The van der Waals surface area contributed by atoms with Gasteiger partial charge in [0.2, 0.25) is 0 Å². The van der Waals surface area contributed by atoms with Crippen molar-refractivity contribution in [1.29, 1.82) is 0 Å². The molecule has 3 nitrogen and oxygen atoms in total. The van der Waals surface area contributed by atoms with Crippen molar-refractivity contribution in [2.24, 2.45) is 5.92 Å². The van der Waals surface area contributed by atoms with Crippen LogP contribution in [-0.4, -0.2) is 35.6 Å². The van der Waals surface area contributed by atoms with Crippen LogP contribution in [0.4, 0.5) is 0 Å². The van der Waals surface area contributed by atoms with Crippen molar-refractivity contribution >= 4 is 11.3 Å². The van der Waals surface area contributed by atoms with Crippen LogP contribution in [0.3, 0.4) is 0 Å². The molecule has 0 radical (unpaired) electrons. The summed E-state index contributed by atoms with van der Waals surface area (Å²) in [7, 11) is 0. The summed E-state index contributed by atoms with van der Waals surface area (Å²) in [5, 5.41) is 4.90. The van der Waals surface area contributed by atoms with Gasteiger partial charge in [-0.25, -0.2) is 4.98 Å². The van der Waals surface area contributed by atoms with Crippen molar-refractivity contribution in [1.82, 2.24) is 15.2 Å². The zero-order valence-electron chi connectivity index (χ0n) is 12.5. The predicted molar refractivity (Wildman–Crippen MR) is 82.6 cm³/mol. The standard InChI is InChI=1S/C15H27N3S/c1-4-14-9-17-15(19-14)10-16-12(3)13-7-6-8-18(5-2)11-13/h9,12-13,16H,4-8,10-11H2,1-3H3. The maximum absolute atomic E-state index is 4.48. The molecule has 1 aliphatic heterocycles. The summed E-state index contributed by atoms with van der Waals surface area (Å²) in [5.74, 6) is 0.791. The Labute approximate surface area is 121 Å². The Bertz CT molecular complexity index is 377. The van der Waals surface area contributed by atoms with Gasteiger partial charge in [-0.3, -0.25) is 0 Å². The van der Waals surface area contributed by atoms with Crippen LogP contribution in [0.1, 0.15) is 43.5 Å². The van der Waals surface area contributed by atoms with Gasteiger partial charge in [0.25, 0.3) is 0 Å². The highest BCUT2D eigenvalue weighted by atomic mass is 32.1. The third-order valence-corrected chi connectivity index (χ3v) is 5.36. The Morgan fingerprint density at radius 3 is 3.05 bits per heavy atom. The zero-order chi connectivity index (χ0) is 13.7. The number of nitrogens with zero attached hydrogens (tertiary/aromatic N) is 2. The lowest BCUT2D eigenvalue weighted by molar-refractivity contribution is 0.157. The van der Waals surface area contributed by atoms with Gasteiger partial charge in [0.1, 0.15) is 5.01 Å². The van der Waals surface area contributed by atoms with E-state index in [1.807, 2.05) is 17.5 Å². The molecule has 1 N–H and O–H groups in total. The van der Waals surface area contributed by atoms with Gasteiger partial charge in [0, 0.05) is 30.2 Å². The highest BCUT2D eigenvalue weighted by Gasteiger charge is 2.23. The quantitative estimate of drug-likeness (QED) is 0.869. The molecule has 0 aliphatic carbocycles. The van der Waals surface area contributed by atoms with Gasteiger partial charge in [-0.05, 0) is 45.2 Å². The second kappa shape index (κ2) is 7.36. The molecular formula is C15H27N3S. The summed E-state index contributed by atoms with van der Waals surface area (Å²) in [5.41, 5.74) is 0. The van der Waals surface area contributed by atoms with Crippen molar-refractivity contribution in [2.45, 2.75) is 52.6 Å². The smallest absolute Gasteiger partial charge is 0.107 e. The summed E-state index contributed by atoms with van der Waals surface area (Å²) < 4.78 is 0. The number of hydrogen-bond acceptors (Lipinski definition) is 4. The molecule has 1 saturated heterocycles. The van der Waals surface area contributed by atoms with Crippen molar-refractivity contribution in [3.8, 4) is 0 Å². The SMILES string of the molecule is CCc1cnc(CNC(C)C2CCCN(CC)C2)s1. The van der Waals surface area contributed by atoms with E-state index in [0.717, 1.165) is 18.9 Å². The number of hydrogen-bond donors (Lipinski definition) is 1. The van der Waals surface area contributed by atoms with E-state index in [1.165, 1.54) is 42.4 Å². The van der Waals surface area contributed by atoms with E-state index in [0.29, 0.717) is 6.04 Å². The van der Waals surface area contributed by atoms with E-state index in [9.17, 15) is 0 Å². The second-order valence-electron chi connectivity index (χ2n) is 5.54. The number of aromatic nitrogens is 1. The van der Waals surface area contributed by atoms with Gasteiger partial charge < -0.3 is 10.2 Å². The van der Waals surface area contributed by atoms with Crippen molar-refractivity contribution in [3.63, 3.8) is 0 Å². The van der Waals surface area contributed by atoms with Gasteiger partial charge >= 0.3 is 0 Å². The zero-order valence-corrected chi connectivity index (χ0v) is 13.3. The van der Waals surface area contributed by atoms with Gasteiger partial charge in [-0.2, -0.15) is 0 Å². The molecule has 2 atom stereocenters. The summed E-state index contributed by atoms with van der Waals surface area (Å²) in [6.07, 6.45) is 5.83. The van der Waals surface area contributed by atoms with E-state index in [4.69, 9.17) is 0 Å². The maximum atomic E-state index is 4.48. The van der Waals surface area contributed by atoms with Crippen LogP contribution in [0.15, 0.2) is 6.20 Å². The third kappa shape index (κ3) is 4.26. The molecule has 1 aromatic rings. The van der Waals surface area contributed by atoms with Gasteiger partial charge in [0.05, 0.1) is 0 Å². The first-order valence-corrected chi connectivity index (χ1v) is 8.43. The topological polar surface area (TPSA) is 28.2 Å². The van der Waals surface area contributed by atoms with Crippen LogP contribution in [0.25, 0.3) is 0 Å². The molecule has 19 heavy (non-hydrogen) atoms. The average molecular weight is 281 g/mol. The molecule has 4 heteroatoms. The Balaban J connectivity index is 1.78. The van der Waals surface area contributed by atoms with Crippen LogP contribution < -0.4 is 5.32 Å². The first-order chi connectivity index (χ1) is 9.22. The molecule has 0 aromatic carbocycles. The summed E-state index contributed by atoms with van der Waals surface area (Å²) in [6.45, 7) is 11.4. The lowest BCUT2D eigenvalue weighted by Crippen LogP contribution is -2.44. The van der Waals surface area contributed by atoms with Crippen LogP contribution >= 0.6 is 11.3 Å². The number of nitrogens with one attached hydrogen (secondary N) is 1. The third-order valence-electron chi connectivity index (χ3n) is 4.22. The average Bonchev–Trinajstić information content (AvgIpc) is 2.93. The van der Waals surface area contributed by atoms with Crippen LogP contribution in [0.2, 0.25) is 0 Å². The van der Waals surface area contributed by atoms with E-state index < -0.39 is 0 Å². The summed E-state index contributed by atoms with van der Waals surface area (Å²) in [4.78, 5) is 8.44. The van der Waals surface area contributed by atoms with Gasteiger partial charge in [0.15, 0.2) is 0 Å². The molecule has 2 rings (SSSR count). The predicted octanol–water partition coefficient (Wildman–Crippen LogP) is 2.92. The highest BCUT2D eigenvalue weighted by Crippen LogP contribution is 2.20. The lowest BCUT2D eigenvalue weighted by atomic mass is 9.91. The van der Waals surface area contributed by atoms with E-state index in [-0.39, 0.29) is 0 Å². The van der Waals surface area contributed by atoms with Crippen molar-refractivity contribution in [3.05, 3.63) is 16.1 Å². The fourth-order valence-corrected chi connectivity index (χ4v) is 3.61. The Hall–Kier alpha value is -0.450. The van der Waals surface area contributed by atoms with Crippen molar-refractivity contribution < 1.29 is 0 Å². The summed E-state index contributed by atoms with van der Waals surface area (Å²) >= 11 is 1.84. The molecular weight excluding hydrogens is 254 g/mol. The van der Waals surface area contributed by atoms with Crippen LogP contribution in [0.5, 0.6) is 0 Å². The Morgan fingerprint density at radius 2 is 2.37 bits per heavy atom. The fourth-order valence-electron chi connectivity index (χ4n) is 2.79. The monoisotopic (exact) mass is 281 g/mol. The Kier molecular flexibility index (Phi) is 5.79. The number of aryl methyl sites for hydroxylation is 1. The number of piperidine rings is 1. The molecule has 0 saturated carbocycles. The minimum absolute atomic E-state index is 0.586. The van der Waals surface area contributed by atoms with Crippen LogP contribution in [-0.2, 0) is 13.0 Å². The van der Waals surface area contributed by atoms with Crippen molar-refractivity contribution in [2.75, 3.05) is 19.6 Å². The molecule has 0 amide bonds. The maximum Gasteiger partial charge on any atom is 0.107 e. The van der Waals surface area contributed by atoms with Gasteiger partial charge in [-0.15, -0.1) is 11.3 Å². The fraction of sp³-hybridized carbons (Fsp3) is 0.800. The van der Waals surface area contributed by atoms with E-state index in [2.05, 4.69) is 36.0 Å². The largest absolute Gasteiger partial charge is 0.308 e. The highest BCUT2D eigenvalue weighted by molar-refractivity contribution is 7.11. The molecule has 0 bridgehead atoms.